The smallest absolute Gasteiger partial charge is 0.0312 e. The average Bonchev–Trinajstić information content (AvgIpc) is 2.25. The van der Waals surface area contributed by atoms with Crippen molar-refractivity contribution in [2.24, 2.45) is 5.92 Å². The van der Waals surface area contributed by atoms with Gasteiger partial charge in [-0.3, -0.25) is 0 Å². The van der Waals surface area contributed by atoms with Crippen LogP contribution in [-0.4, -0.2) is 0 Å². The fourth-order valence-electron chi connectivity index (χ4n) is 1.37. The van der Waals surface area contributed by atoms with Crippen molar-refractivity contribution in [2.45, 2.75) is 19.3 Å². The zero-order chi connectivity index (χ0) is 10.2. The van der Waals surface area contributed by atoms with Crippen molar-refractivity contribution in [2.75, 3.05) is 0 Å². The number of rotatable bonds is 4. The molecule has 0 N–H and O–H groups in total. The summed E-state index contributed by atoms with van der Waals surface area (Å²) in [6.07, 6.45) is 13.3. The summed E-state index contributed by atoms with van der Waals surface area (Å²) >= 11 is 0. The number of benzene rings is 1. The van der Waals surface area contributed by atoms with Crippen LogP contribution < -0.4 is 0 Å². The third kappa shape index (κ3) is 3.38. The minimum Gasteiger partial charge on any atom is -0.120 e. The van der Waals surface area contributed by atoms with Crippen LogP contribution in [0.5, 0.6) is 0 Å². The van der Waals surface area contributed by atoms with E-state index in [0.29, 0.717) is 6.42 Å². The second-order valence-electron chi connectivity index (χ2n) is 3.30. The van der Waals surface area contributed by atoms with Gasteiger partial charge < -0.3 is 0 Å². The Hall–Kier alpha value is -1.66. The Morgan fingerprint density at radius 1 is 1.14 bits per heavy atom. The van der Waals surface area contributed by atoms with Crippen molar-refractivity contribution in [3.63, 3.8) is 0 Å². The zero-order valence-electron chi connectivity index (χ0n) is 8.24. The first kappa shape index (κ1) is 10.4. The highest BCUT2D eigenvalue weighted by atomic mass is 14.1. The molecule has 0 amide bonds. The minimum atomic E-state index is 0.222. The largest absolute Gasteiger partial charge is 0.120 e. The minimum absolute atomic E-state index is 0.222. The molecule has 1 atom stereocenters. The van der Waals surface area contributed by atoms with Crippen molar-refractivity contribution in [3.8, 4) is 24.7 Å². The highest BCUT2D eigenvalue weighted by Gasteiger charge is 2.02. The van der Waals surface area contributed by atoms with Crippen LogP contribution in [-0.2, 0) is 6.42 Å². The molecule has 0 aliphatic carbocycles. The second-order valence-corrected chi connectivity index (χ2v) is 3.30. The van der Waals surface area contributed by atoms with Crippen molar-refractivity contribution in [1.29, 1.82) is 0 Å². The van der Waals surface area contributed by atoms with Crippen LogP contribution in [0.2, 0.25) is 0 Å². The van der Waals surface area contributed by atoms with Gasteiger partial charge in [0, 0.05) is 12.3 Å². The highest BCUT2D eigenvalue weighted by molar-refractivity contribution is 5.15. The zero-order valence-corrected chi connectivity index (χ0v) is 8.24. The predicted octanol–water partition coefficient (Wildman–Crippen LogP) is 2.89. The van der Waals surface area contributed by atoms with E-state index in [9.17, 15) is 0 Å². The molecule has 0 radical (unpaired) electrons. The molecule has 0 fully saturated rings. The molecule has 1 aromatic rings. The van der Waals surface area contributed by atoms with E-state index in [4.69, 9.17) is 12.8 Å². The fourth-order valence-corrected chi connectivity index (χ4v) is 1.37. The van der Waals surface area contributed by atoms with Crippen LogP contribution in [0.25, 0.3) is 0 Å². The normalized spacial score (nSPS) is 11.3. The SMILES string of the molecule is C#CCC(C#C)CCc1ccccc1. The quantitative estimate of drug-likeness (QED) is 0.628. The van der Waals surface area contributed by atoms with E-state index < -0.39 is 0 Å². The van der Waals surface area contributed by atoms with E-state index in [2.05, 4.69) is 24.0 Å². The summed E-state index contributed by atoms with van der Waals surface area (Å²) in [7, 11) is 0. The first-order chi connectivity index (χ1) is 6.86. The molecular formula is C14H14. The van der Waals surface area contributed by atoms with Crippen LogP contribution in [0.3, 0.4) is 0 Å². The molecule has 0 spiro atoms. The van der Waals surface area contributed by atoms with Gasteiger partial charge in [-0.1, -0.05) is 30.3 Å². The lowest BCUT2D eigenvalue weighted by molar-refractivity contribution is 0.628. The molecule has 0 bridgehead atoms. The molecule has 1 aromatic carbocycles. The number of terminal acetylenes is 2. The van der Waals surface area contributed by atoms with E-state index in [0.717, 1.165) is 12.8 Å². The molecule has 0 aromatic heterocycles. The standard InChI is InChI=1S/C14H14/c1-3-8-13(4-2)11-12-14-9-6-5-7-10-14/h1-2,5-7,9-10,13H,8,11-12H2. The molecule has 0 nitrogen and oxygen atoms in total. The van der Waals surface area contributed by atoms with Crippen molar-refractivity contribution < 1.29 is 0 Å². The molecule has 0 saturated carbocycles. The Morgan fingerprint density at radius 3 is 2.43 bits per heavy atom. The van der Waals surface area contributed by atoms with Gasteiger partial charge in [-0.25, -0.2) is 0 Å². The molecule has 1 unspecified atom stereocenters. The van der Waals surface area contributed by atoms with Crippen LogP contribution in [0.15, 0.2) is 30.3 Å². The number of aryl methyl sites for hydroxylation is 1. The summed E-state index contributed by atoms with van der Waals surface area (Å²) in [5.74, 6) is 5.57. The van der Waals surface area contributed by atoms with Crippen molar-refractivity contribution in [3.05, 3.63) is 35.9 Å². The van der Waals surface area contributed by atoms with Crippen molar-refractivity contribution in [1.82, 2.24) is 0 Å². The van der Waals surface area contributed by atoms with Crippen molar-refractivity contribution >= 4 is 0 Å². The molecule has 0 saturated heterocycles. The Kier molecular flexibility index (Phi) is 4.39. The summed E-state index contributed by atoms with van der Waals surface area (Å²) in [5.41, 5.74) is 1.32. The Bertz CT molecular complexity index is 335. The predicted molar refractivity (Wildman–Crippen MR) is 60.5 cm³/mol. The summed E-state index contributed by atoms with van der Waals surface area (Å²) in [5, 5.41) is 0. The third-order valence-corrected chi connectivity index (χ3v) is 2.22. The maximum Gasteiger partial charge on any atom is 0.0312 e. The lowest BCUT2D eigenvalue weighted by atomic mass is 9.98. The highest BCUT2D eigenvalue weighted by Crippen LogP contribution is 2.11. The maximum absolute atomic E-state index is 5.38. The van der Waals surface area contributed by atoms with Crippen LogP contribution >= 0.6 is 0 Å². The maximum atomic E-state index is 5.38. The molecule has 0 aliphatic heterocycles. The Balaban J connectivity index is 2.41. The first-order valence-electron chi connectivity index (χ1n) is 4.80. The summed E-state index contributed by atoms with van der Waals surface area (Å²) in [6.45, 7) is 0. The Labute approximate surface area is 86.3 Å². The molecule has 0 aliphatic rings. The van der Waals surface area contributed by atoms with Crippen LogP contribution in [0, 0.1) is 30.6 Å². The summed E-state index contributed by atoms with van der Waals surface area (Å²) in [4.78, 5) is 0. The summed E-state index contributed by atoms with van der Waals surface area (Å²) in [6, 6.07) is 10.3. The van der Waals surface area contributed by atoms with Gasteiger partial charge in [-0.15, -0.1) is 24.7 Å². The second kappa shape index (κ2) is 5.90. The van der Waals surface area contributed by atoms with E-state index >= 15 is 0 Å². The third-order valence-electron chi connectivity index (χ3n) is 2.22. The molecule has 1 rings (SSSR count). The van der Waals surface area contributed by atoms with E-state index in [-0.39, 0.29) is 5.92 Å². The van der Waals surface area contributed by atoms with Crippen LogP contribution in [0.4, 0.5) is 0 Å². The number of hydrogen-bond acceptors (Lipinski definition) is 0. The monoisotopic (exact) mass is 182 g/mol. The molecular weight excluding hydrogens is 168 g/mol. The van der Waals surface area contributed by atoms with Gasteiger partial charge >= 0.3 is 0 Å². The van der Waals surface area contributed by atoms with Gasteiger partial charge in [0.05, 0.1) is 0 Å². The molecule has 0 heteroatoms. The van der Waals surface area contributed by atoms with Gasteiger partial charge in [0.25, 0.3) is 0 Å². The van der Waals surface area contributed by atoms with Gasteiger partial charge in [-0.2, -0.15) is 0 Å². The fraction of sp³-hybridized carbons (Fsp3) is 0.286. The van der Waals surface area contributed by atoms with E-state index in [1.165, 1.54) is 5.56 Å². The van der Waals surface area contributed by atoms with Gasteiger partial charge in [0.1, 0.15) is 0 Å². The number of hydrogen-bond donors (Lipinski definition) is 0. The van der Waals surface area contributed by atoms with Gasteiger partial charge in [0.15, 0.2) is 0 Å². The molecule has 14 heavy (non-hydrogen) atoms. The topological polar surface area (TPSA) is 0 Å². The first-order valence-corrected chi connectivity index (χ1v) is 4.80. The molecule has 70 valence electrons. The Morgan fingerprint density at radius 2 is 1.86 bits per heavy atom. The average molecular weight is 182 g/mol. The van der Waals surface area contributed by atoms with E-state index in [1.807, 2.05) is 18.2 Å². The van der Waals surface area contributed by atoms with Gasteiger partial charge in [0.2, 0.25) is 0 Å². The van der Waals surface area contributed by atoms with E-state index in [1.54, 1.807) is 0 Å². The lowest BCUT2D eigenvalue weighted by Gasteiger charge is -2.06. The lowest BCUT2D eigenvalue weighted by Crippen LogP contribution is -1.98. The summed E-state index contributed by atoms with van der Waals surface area (Å²) < 4.78 is 0. The van der Waals surface area contributed by atoms with Gasteiger partial charge in [-0.05, 0) is 18.4 Å². The molecule has 0 heterocycles. The van der Waals surface area contributed by atoms with Crippen LogP contribution in [0.1, 0.15) is 18.4 Å².